The van der Waals surface area contributed by atoms with Gasteiger partial charge < -0.3 is 15.2 Å². The van der Waals surface area contributed by atoms with Crippen LogP contribution in [0.1, 0.15) is 22.8 Å². The molecule has 2 aromatic rings. The lowest BCUT2D eigenvalue weighted by Crippen LogP contribution is -2.10. The van der Waals surface area contributed by atoms with E-state index in [0.717, 1.165) is 3.57 Å². The predicted molar refractivity (Wildman–Crippen MR) is 91.2 cm³/mol. The van der Waals surface area contributed by atoms with Crippen LogP contribution in [0.5, 0.6) is 11.5 Å². The predicted octanol–water partition coefficient (Wildman–Crippen LogP) is 3.51. The van der Waals surface area contributed by atoms with Gasteiger partial charge in [-0.2, -0.15) is 0 Å². The fraction of sp³-hybridized carbons (Fsp3) is 0.188. The minimum Gasteiger partial charge on any atom is -0.496 e. The molecule has 2 rings (SSSR count). The quantitative estimate of drug-likeness (QED) is 0.477. The molecule has 0 saturated heterocycles. The molecule has 0 aromatic heterocycles. The van der Waals surface area contributed by atoms with Crippen LogP contribution in [0.4, 0.5) is 5.69 Å². The highest BCUT2D eigenvalue weighted by molar-refractivity contribution is 14.1. The smallest absolute Gasteiger partial charge is 0.202 e. The van der Waals surface area contributed by atoms with Gasteiger partial charge in [0.1, 0.15) is 11.5 Å². The summed E-state index contributed by atoms with van der Waals surface area (Å²) >= 11 is 2.15. The second-order valence-electron chi connectivity index (χ2n) is 4.33. The maximum atomic E-state index is 12.9. The van der Waals surface area contributed by atoms with Crippen molar-refractivity contribution >= 4 is 34.1 Å². The Kier molecular flexibility index (Phi) is 5.06. The molecule has 4 nitrogen and oxygen atoms in total. The van der Waals surface area contributed by atoms with Crippen LogP contribution in [-0.4, -0.2) is 19.5 Å². The Morgan fingerprint density at radius 1 is 1.24 bits per heavy atom. The summed E-state index contributed by atoms with van der Waals surface area (Å²) in [6.45, 7) is 2.33. The van der Waals surface area contributed by atoms with E-state index in [-0.39, 0.29) is 5.78 Å². The number of anilines is 1. The fourth-order valence-electron chi connectivity index (χ4n) is 2.06. The average Bonchev–Trinajstić information content (AvgIpc) is 2.47. The average molecular weight is 397 g/mol. The van der Waals surface area contributed by atoms with E-state index in [1.807, 2.05) is 13.0 Å². The minimum atomic E-state index is -0.202. The number of rotatable bonds is 5. The zero-order valence-corrected chi connectivity index (χ0v) is 14.0. The summed E-state index contributed by atoms with van der Waals surface area (Å²) in [5, 5.41) is 0. The van der Waals surface area contributed by atoms with E-state index in [4.69, 9.17) is 15.2 Å². The molecular formula is C16H16INO3. The Bertz CT molecular complexity index is 671. The largest absolute Gasteiger partial charge is 0.496 e. The van der Waals surface area contributed by atoms with Crippen LogP contribution in [0.25, 0.3) is 0 Å². The van der Waals surface area contributed by atoms with Crippen molar-refractivity contribution in [3.8, 4) is 11.5 Å². The van der Waals surface area contributed by atoms with Crippen LogP contribution in [0.15, 0.2) is 36.4 Å². The topological polar surface area (TPSA) is 61.5 Å². The first-order valence-corrected chi connectivity index (χ1v) is 7.55. The number of carbonyl (C=O) groups excluding carboxylic acids is 1. The number of benzene rings is 2. The summed E-state index contributed by atoms with van der Waals surface area (Å²) in [5.74, 6) is 0.807. The molecule has 0 aliphatic carbocycles. The second-order valence-corrected chi connectivity index (χ2v) is 5.57. The first kappa shape index (κ1) is 15.6. The van der Waals surface area contributed by atoms with Gasteiger partial charge >= 0.3 is 0 Å². The van der Waals surface area contributed by atoms with E-state index in [0.29, 0.717) is 34.9 Å². The van der Waals surface area contributed by atoms with Gasteiger partial charge in [0, 0.05) is 9.26 Å². The van der Waals surface area contributed by atoms with Crippen LogP contribution in [0.2, 0.25) is 0 Å². The van der Waals surface area contributed by atoms with Crippen molar-refractivity contribution in [2.24, 2.45) is 0 Å². The summed E-state index contributed by atoms with van der Waals surface area (Å²) in [5.41, 5.74) is 7.22. The Labute approximate surface area is 137 Å². The van der Waals surface area contributed by atoms with Crippen molar-refractivity contribution in [1.82, 2.24) is 0 Å². The molecular weight excluding hydrogens is 381 g/mol. The number of nitrogens with two attached hydrogens (primary N) is 1. The molecule has 0 unspecified atom stereocenters. The molecule has 2 N–H and O–H groups in total. The summed E-state index contributed by atoms with van der Waals surface area (Å²) in [7, 11) is 1.54. The summed E-state index contributed by atoms with van der Waals surface area (Å²) < 4.78 is 11.7. The number of ether oxygens (including phenoxy) is 2. The van der Waals surface area contributed by atoms with Crippen molar-refractivity contribution < 1.29 is 14.3 Å². The highest BCUT2D eigenvalue weighted by Gasteiger charge is 2.21. The number of hydrogen-bond donors (Lipinski definition) is 1. The van der Waals surface area contributed by atoms with Crippen molar-refractivity contribution in [2.45, 2.75) is 6.92 Å². The van der Waals surface area contributed by atoms with Gasteiger partial charge in [-0.3, -0.25) is 4.79 Å². The van der Waals surface area contributed by atoms with Gasteiger partial charge in [0.15, 0.2) is 0 Å². The van der Waals surface area contributed by atoms with Gasteiger partial charge in [0.25, 0.3) is 0 Å². The number of halogens is 1. The van der Waals surface area contributed by atoms with Crippen molar-refractivity contribution in [1.29, 1.82) is 0 Å². The normalized spacial score (nSPS) is 10.2. The molecule has 21 heavy (non-hydrogen) atoms. The van der Waals surface area contributed by atoms with E-state index in [1.54, 1.807) is 30.3 Å². The second kappa shape index (κ2) is 6.80. The standard InChI is InChI=1S/C16H16INO3/c1-3-21-14-6-4-5-12(18)15(14)16(19)11-9-10(17)7-8-13(11)20-2/h4-9H,3,18H2,1-2H3. The molecule has 0 heterocycles. The molecule has 0 bridgehead atoms. The molecule has 2 aromatic carbocycles. The van der Waals surface area contributed by atoms with Crippen LogP contribution in [-0.2, 0) is 0 Å². The van der Waals surface area contributed by atoms with Crippen molar-refractivity contribution in [3.05, 3.63) is 51.1 Å². The van der Waals surface area contributed by atoms with Crippen LogP contribution >= 0.6 is 22.6 Å². The summed E-state index contributed by atoms with van der Waals surface area (Å²) in [6.07, 6.45) is 0. The Morgan fingerprint density at radius 2 is 2.00 bits per heavy atom. The molecule has 0 radical (unpaired) electrons. The highest BCUT2D eigenvalue weighted by atomic mass is 127. The van der Waals surface area contributed by atoms with Gasteiger partial charge in [-0.25, -0.2) is 0 Å². The Balaban J connectivity index is 2.57. The minimum absolute atomic E-state index is 0.202. The molecule has 0 atom stereocenters. The molecule has 0 amide bonds. The van der Waals surface area contributed by atoms with E-state index < -0.39 is 0 Å². The fourth-order valence-corrected chi connectivity index (χ4v) is 2.55. The third kappa shape index (κ3) is 3.29. The van der Waals surface area contributed by atoms with Crippen LogP contribution < -0.4 is 15.2 Å². The number of methoxy groups -OCH3 is 1. The lowest BCUT2D eigenvalue weighted by molar-refractivity contribution is 0.103. The zero-order chi connectivity index (χ0) is 15.4. The molecule has 0 fully saturated rings. The Hall–Kier alpha value is -1.76. The number of hydrogen-bond acceptors (Lipinski definition) is 4. The van der Waals surface area contributed by atoms with E-state index in [2.05, 4.69) is 22.6 Å². The number of carbonyl (C=O) groups is 1. The molecule has 0 saturated carbocycles. The first-order valence-electron chi connectivity index (χ1n) is 6.48. The lowest BCUT2D eigenvalue weighted by atomic mass is 10.00. The molecule has 5 heteroatoms. The summed E-state index contributed by atoms with van der Waals surface area (Å²) in [6, 6.07) is 10.6. The first-order chi connectivity index (χ1) is 10.1. The summed E-state index contributed by atoms with van der Waals surface area (Å²) in [4.78, 5) is 12.9. The van der Waals surface area contributed by atoms with Gasteiger partial charge in [0.05, 0.1) is 24.8 Å². The molecule has 0 aliphatic rings. The van der Waals surface area contributed by atoms with E-state index in [1.165, 1.54) is 7.11 Å². The monoisotopic (exact) mass is 397 g/mol. The number of nitrogen functional groups attached to an aromatic ring is 1. The van der Waals surface area contributed by atoms with Gasteiger partial charge in [0.2, 0.25) is 5.78 Å². The SMILES string of the molecule is CCOc1cccc(N)c1C(=O)c1cc(I)ccc1OC. The zero-order valence-electron chi connectivity index (χ0n) is 11.9. The lowest BCUT2D eigenvalue weighted by Gasteiger charge is -2.13. The maximum absolute atomic E-state index is 12.9. The van der Waals surface area contributed by atoms with E-state index in [9.17, 15) is 4.79 Å². The van der Waals surface area contributed by atoms with Crippen LogP contribution in [0.3, 0.4) is 0 Å². The van der Waals surface area contributed by atoms with Crippen molar-refractivity contribution in [2.75, 3.05) is 19.5 Å². The molecule has 0 spiro atoms. The third-order valence-corrected chi connectivity index (χ3v) is 3.66. The van der Waals surface area contributed by atoms with Crippen molar-refractivity contribution in [3.63, 3.8) is 0 Å². The number of ketones is 1. The third-order valence-electron chi connectivity index (χ3n) is 2.99. The van der Waals surface area contributed by atoms with E-state index >= 15 is 0 Å². The Morgan fingerprint density at radius 3 is 2.67 bits per heavy atom. The van der Waals surface area contributed by atoms with Gasteiger partial charge in [-0.1, -0.05) is 6.07 Å². The van der Waals surface area contributed by atoms with Gasteiger partial charge in [-0.05, 0) is 59.8 Å². The van der Waals surface area contributed by atoms with Crippen LogP contribution in [0, 0.1) is 3.57 Å². The molecule has 0 aliphatic heterocycles. The molecule has 110 valence electrons. The maximum Gasteiger partial charge on any atom is 0.202 e. The highest BCUT2D eigenvalue weighted by Crippen LogP contribution is 2.31. The van der Waals surface area contributed by atoms with Gasteiger partial charge in [-0.15, -0.1) is 0 Å².